The number of likely N-dealkylation sites (tertiary alicyclic amines) is 1. The molecule has 1 fully saturated rings. The summed E-state index contributed by atoms with van der Waals surface area (Å²) < 4.78 is 1.89. The molecule has 1 aliphatic rings. The van der Waals surface area contributed by atoms with Crippen LogP contribution >= 0.6 is 0 Å². The minimum absolute atomic E-state index is 0. The van der Waals surface area contributed by atoms with Crippen molar-refractivity contribution >= 4 is 10.9 Å². The van der Waals surface area contributed by atoms with Gasteiger partial charge in [0, 0.05) is 17.3 Å². The Bertz CT molecular complexity index is 750. The Hall–Kier alpha value is -1.68. The molecule has 0 saturated carbocycles. The standard InChI is InChI=1S/C19H27N3O.CH4/c1-19(2,3)17-15-7-5-6-8-16(15)22(18(23)20-17)13-14-9-11-21(4)12-10-14;/h5-8,14H,9-13H2,1-4H3;1H4. The zero-order valence-electron chi connectivity index (χ0n) is 14.7. The lowest BCUT2D eigenvalue weighted by molar-refractivity contribution is 0.205. The van der Waals surface area contributed by atoms with Crippen molar-refractivity contribution in [1.29, 1.82) is 0 Å². The molecule has 1 aromatic carbocycles. The van der Waals surface area contributed by atoms with Crippen molar-refractivity contribution in [2.45, 2.75) is 53.0 Å². The minimum atomic E-state index is -0.134. The molecule has 0 spiro atoms. The summed E-state index contributed by atoms with van der Waals surface area (Å²) in [6, 6.07) is 8.19. The summed E-state index contributed by atoms with van der Waals surface area (Å²) in [6.07, 6.45) is 2.30. The minimum Gasteiger partial charge on any atom is -0.306 e. The van der Waals surface area contributed by atoms with Gasteiger partial charge in [-0.05, 0) is 45.0 Å². The Morgan fingerprint density at radius 2 is 1.79 bits per heavy atom. The number of aromatic nitrogens is 2. The molecule has 0 bridgehead atoms. The van der Waals surface area contributed by atoms with Gasteiger partial charge in [-0.25, -0.2) is 4.79 Å². The van der Waals surface area contributed by atoms with Crippen LogP contribution in [0.3, 0.4) is 0 Å². The van der Waals surface area contributed by atoms with Crippen LogP contribution in [-0.4, -0.2) is 34.6 Å². The van der Waals surface area contributed by atoms with Crippen LogP contribution < -0.4 is 5.69 Å². The second-order valence-corrected chi connectivity index (χ2v) is 7.87. The molecule has 1 aromatic heterocycles. The molecule has 24 heavy (non-hydrogen) atoms. The van der Waals surface area contributed by atoms with Gasteiger partial charge in [0.05, 0.1) is 11.2 Å². The molecule has 0 atom stereocenters. The van der Waals surface area contributed by atoms with Gasteiger partial charge in [0.2, 0.25) is 0 Å². The normalized spacial score (nSPS) is 17.0. The number of benzene rings is 1. The molecular formula is C20H31N3O. The van der Waals surface area contributed by atoms with Crippen LogP contribution in [0.1, 0.15) is 46.7 Å². The third-order valence-electron chi connectivity index (χ3n) is 4.88. The van der Waals surface area contributed by atoms with Crippen molar-refractivity contribution in [2.75, 3.05) is 20.1 Å². The summed E-state index contributed by atoms with van der Waals surface area (Å²) in [5.41, 5.74) is 1.69. The highest BCUT2D eigenvalue weighted by Crippen LogP contribution is 2.27. The van der Waals surface area contributed by atoms with E-state index in [4.69, 9.17) is 0 Å². The Balaban J connectivity index is 0.00000208. The molecule has 0 amide bonds. The fourth-order valence-electron chi connectivity index (χ4n) is 3.48. The van der Waals surface area contributed by atoms with E-state index in [1.54, 1.807) is 0 Å². The summed E-state index contributed by atoms with van der Waals surface area (Å²) in [7, 11) is 2.16. The molecule has 1 aliphatic heterocycles. The first-order valence-corrected chi connectivity index (χ1v) is 8.55. The van der Waals surface area contributed by atoms with Gasteiger partial charge in [0.25, 0.3) is 0 Å². The largest absolute Gasteiger partial charge is 0.348 e. The SMILES string of the molecule is C.CN1CCC(Cn2c(=O)nc(C(C)(C)C)c3ccccc32)CC1. The van der Waals surface area contributed by atoms with Crippen molar-refractivity contribution in [1.82, 2.24) is 14.5 Å². The van der Waals surface area contributed by atoms with Crippen molar-refractivity contribution in [3.05, 3.63) is 40.4 Å². The van der Waals surface area contributed by atoms with Gasteiger partial charge >= 0.3 is 5.69 Å². The van der Waals surface area contributed by atoms with Crippen molar-refractivity contribution < 1.29 is 0 Å². The fraction of sp³-hybridized carbons (Fsp3) is 0.600. The van der Waals surface area contributed by atoms with E-state index in [-0.39, 0.29) is 18.5 Å². The van der Waals surface area contributed by atoms with Crippen molar-refractivity contribution in [2.24, 2.45) is 5.92 Å². The maximum absolute atomic E-state index is 12.7. The molecule has 0 radical (unpaired) electrons. The lowest BCUT2D eigenvalue weighted by Gasteiger charge is -2.30. The van der Waals surface area contributed by atoms with E-state index >= 15 is 0 Å². The first-order valence-electron chi connectivity index (χ1n) is 8.55. The summed E-state index contributed by atoms with van der Waals surface area (Å²) >= 11 is 0. The molecule has 2 heterocycles. The lowest BCUT2D eigenvalue weighted by Crippen LogP contribution is -2.35. The predicted molar refractivity (Wildman–Crippen MR) is 102 cm³/mol. The topological polar surface area (TPSA) is 38.1 Å². The summed E-state index contributed by atoms with van der Waals surface area (Å²) in [5.74, 6) is 0.564. The van der Waals surface area contributed by atoms with Crippen molar-refractivity contribution in [3.63, 3.8) is 0 Å². The number of piperidine rings is 1. The molecule has 4 nitrogen and oxygen atoms in total. The molecule has 0 N–H and O–H groups in total. The lowest BCUT2D eigenvalue weighted by atomic mass is 9.89. The van der Waals surface area contributed by atoms with Crippen LogP contribution in [0.2, 0.25) is 0 Å². The second-order valence-electron chi connectivity index (χ2n) is 7.87. The second kappa shape index (κ2) is 7.06. The number of nitrogens with zero attached hydrogens (tertiary/aromatic N) is 3. The molecule has 4 heteroatoms. The van der Waals surface area contributed by atoms with Crippen LogP contribution in [0.4, 0.5) is 0 Å². The highest BCUT2D eigenvalue weighted by Gasteiger charge is 2.23. The molecular weight excluding hydrogens is 298 g/mol. The highest BCUT2D eigenvalue weighted by atomic mass is 16.1. The van der Waals surface area contributed by atoms with E-state index < -0.39 is 0 Å². The third-order valence-corrected chi connectivity index (χ3v) is 4.88. The van der Waals surface area contributed by atoms with Crippen LogP contribution in [-0.2, 0) is 12.0 Å². The number of hydrogen-bond acceptors (Lipinski definition) is 3. The maximum atomic E-state index is 12.7. The molecule has 3 rings (SSSR count). The fourth-order valence-corrected chi connectivity index (χ4v) is 3.48. The zero-order valence-corrected chi connectivity index (χ0v) is 14.7. The summed E-state index contributed by atoms with van der Waals surface area (Å²) in [6.45, 7) is 9.36. The molecule has 132 valence electrons. The van der Waals surface area contributed by atoms with E-state index in [1.807, 2.05) is 16.7 Å². The molecule has 2 aromatic rings. The zero-order chi connectivity index (χ0) is 16.6. The monoisotopic (exact) mass is 329 g/mol. The molecule has 0 unspecified atom stereocenters. The van der Waals surface area contributed by atoms with Gasteiger partial charge in [-0.1, -0.05) is 46.4 Å². The molecule has 1 saturated heterocycles. The van der Waals surface area contributed by atoms with E-state index in [0.29, 0.717) is 5.92 Å². The summed E-state index contributed by atoms with van der Waals surface area (Å²) in [5, 5.41) is 1.10. The van der Waals surface area contributed by atoms with E-state index in [9.17, 15) is 4.79 Å². The number of hydrogen-bond donors (Lipinski definition) is 0. The van der Waals surface area contributed by atoms with Gasteiger partial charge in [-0.3, -0.25) is 4.57 Å². The van der Waals surface area contributed by atoms with Gasteiger partial charge in [0.1, 0.15) is 0 Å². The quantitative estimate of drug-likeness (QED) is 0.844. The van der Waals surface area contributed by atoms with E-state index in [0.717, 1.165) is 49.1 Å². The Kier molecular flexibility index (Phi) is 5.49. The number of rotatable bonds is 2. The van der Waals surface area contributed by atoms with Gasteiger partial charge < -0.3 is 4.90 Å². The van der Waals surface area contributed by atoms with Gasteiger partial charge in [-0.15, -0.1) is 0 Å². The Morgan fingerprint density at radius 1 is 1.17 bits per heavy atom. The number of fused-ring (bicyclic) bond motifs is 1. The Labute approximate surface area is 145 Å². The summed E-state index contributed by atoms with van der Waals surface area (Å²) in [4.78, 5) is 19.5. The average molecular weight is 329 g/mol. The van der Waals surface area contributed by atoms with Crippen LogP contribution in [0.25, 0.3) is 10.9 Å². The first-order chi connectivity index (χ1) is 10.9. The molecule has 0 aliphatic carbocycles. The van der Waals surface area contributed by atoms with E-state index in [2.05, 4.69) is 49.8 Å². The van der Waals surface area contributed by atoms with Crippen LogP contribution in [0, 0.1) is 5.92 Å². The highest BCUT2D eigenvalue weighted by molar-refractivity contribution is 5.82. The third kappa shape index (κ3) is 3.69. The maximum Gasteiger partial charge on any atom is 0.348 e. The first kappa shape index (κ1) is 18.7. The van der Waals surface area contributed by atoms with Crippen LogP contribution in [0.15, 0.2) is 29.1 Å². The van der Waals surface area contributed by atoms with Gasteiger partial charge in [-0.2, -0.15) is 4.98 Å². The Morgan fingerprint density at radius 3 is 2.42 bits per heavy atom. The van der Waals surface area contributed by atoms with Gasteiger partial charge in [0.15, 0.2) is 0 Å². The van der Waals surface area contributed by atoms with Crippen molar-refractivity contribution in [3.8, 4) is 0 Å². The van der Waals surface area contributed by atoms with E-state index in [1.165, 1.54) is 0 Å². The number of para-hydroxylation sites is 1. The smallest absolute Gasteiger partial charge is 0.306 e. The van der Waals surface area contributed by atoms with Crippen LogP contribution in [0.5, 0.6) is 0 Å². The average Bonchev–Trinajstić information content (AvgIpc) is 2.50. The predicted octanol–water partition coefficient (Wildman–Crippen LogP) is 3.67.